The van der Waals surface area contributed by atoms with E-state index in [1.807, 2.05) is 19.2 Å². The van der Waals surface area contributed by atoms with Crippen LogP contribution in [0.4, 0.5) is 5.69 Å². The lowest BCUT2D eigenvalue weighted by molar-refractivity contribution is 0.0658. The number of fused-ring (bicyclic) bond motifs is 2. The third-order valence-electron chi connectivity index (χ3n) is 4.71. The number of hydrogen-bond donors (Lipinski definition) is 0. The van der Waals surface area contributed by atoms with Gasteiger partial charge in [-0.3, -0.25) is 14.5 Å². The molecule has 3 aromatic carbocycles. The van der Waals surface area contributed by atoms with Gasteiger partial charge in [0.05, 0.1) is 11.1 Å². The van der Waals surface area contributed by atoms with Gasteiger partial charge >= 0.3 is 0 Å². The number of likely N-dealkylation sites (N-methyl/N-ethyl adjacent to an activating group) is 1. The predicted octanol–water partition coefficient (Wildman–Crippen LogP) is 3.57. The van der Waals surface area contributed by atoms with E-state index in [4.69, 9.17) is 0 Å². The molecule has 1 heterocycles. The topological polar surface area (TPSA) is 40.6 Å². The van der Waals surface area contributed by atoms with Crippen LogP contribution in [0.3, 0.4) is 0 Å². The average Bonchev–Trinajstić information content (AvgIpc) is 2.90. The number of nitrogens with zero attached hydrogens (tertiary/aromatic N) is 2. The lowest BCUT2D eigenvalue weighted by Crippen LogP contribution is -2.37. The number of amides is 2. The molecule has 3 aromatic rings. The van der Waals surface area contributed by atoms with Gasteiger partial charge in [0.2, 0.25) is 0 Å². The molecule has 0 unspecified atom stereocenters. The van der Waals surface area contributed by atoms with Gasteiger partial charge in [0.25, 0.3) is 11.8 Å². The van der Waals surface area contributed by atoms with Crippen molar-refractivity contribution in [3.8, 4) is 0 Å². The zero-order valence-corrected chi connectivity index (χ0v) is 14.0. The molecule has 1 aliphatic rings. The molecule has 4 rings (SSSR count). The fourth-order valence-corrected chi connectivity index (χ4v) is 3.24. The van der Waals surface area contributed by atoms with Crippen molar-refractivity contribution in [2.24, 2.45) is 0 Å². The summed E-state index contributed by atoms with van der Waals surface area (Å²) >= 11 is 0. The Bertz CT molecular complexity index is 945. The molecule has 2 amide bonds. The molecule has 124 valence electrons. The highest BCUT2D eigenvalue weighted by atomic mass is 16.2. The van der Waals surface area contributed by atoms with Crippen molar-refractivity contribution in [1.82, 2.24) is 4.90 Å². The van der Waals surface area contributed by atoms with Gasteiger partial charge < -0.3 is 4.90 Å². The molecule has 0 aromatic heterocycles. The fraction of sp³-hybridized carbons (Fsp3) is 0.143. The van der Waals surface area contributed by atoms with Crippen molar-refractivity contribution in [1.29, 1.82) is 0 Å². The Kier molecular flexibility index (Phi) is 3.73. The highest BCUT2D eigenvalue weighted by Gasteiger charge is 2.34. The molecule has 0 spiro atoms. The lowest BCUT2D eigenvalue weighted by Gasteiger charge is -2.23. The van der Waals surface area contributed by atoms with Gasteiger partial charge in [-0.1, -0.05) is 42.5 Å². The normalized spacial score (nSPS) is 13.4. The summed E-state index contributed by atoms with van der Waals surface area (Å²) in [5, 5.41) is 2.37. The van der Waals surface area contributed by atoms with Gasteiger partial charge in [0.1, 0.15) is 0 Å². The Morgan fingerprint density at radius 2 is 1.40 bits per heavy atom. The SMILES string of the molecule is CN(CCN1C(=O)c2ccccc2C1=O)c1ccc2ccccc2c1. The maximum absolute atomic E-state index is 12.4. The Balaban J connectivity index is 1.49. The highest BCUT2D eigenvalue weighted by molar-refractivity contribution is 6.21. The van der Waals surface area contributed by atoms with E-state index in [1.165, 1.54) is 15.7 Å². The number of imide groups is 1. The van der Waals surface area contributed by atoms with Crippen molar-refractivity contribution < 1.29 is 9.59 Å². The van der Waals surface area contributed by atoms with Gasteiger partial charge in [-0.15, -0.1) is 0 Å². The van der Waals surface area contributed by atoms with E-state index >= 15 is 0 Å². The summed E-state index contributed by atoms with van der Waals surface area (Å²) in [6.45, 7) is 0.958. The summed E-state index contributed by atoms with van der Waals surface area (Å²) in [5.74, 6) is -0.403. The van der Waals surface area contributed by atoms with Gasteiger partial charge in [0, 0.05) is 25.8 Å². The van der Waals surface area contributed by atoms with Crippen molar-refractivity contribution in [2.45, 2.75) is 0 Å². The van der Waals surface area contributed by atoms with E-state index < -0.39 is 0 Å². The molecule has 0 aliphatic carbocycles. The molecule has 0 atom stereocenters. The smallest absolute Gasteiger partial charge is 0.261 e. The quantitative estimate of drug-likeness (QED) is 0.687. The zero-order chi connectivity index (χ0) is 17.4. The van der Waals surface area contributed by atoms with E-state index in [-0.39, 0.29) is 11.8 Å². The van der Waals surface area contributed by atoms with E-state index in [2.05, 4.69) is 35.2 Å². The molecular formula is C21H18N2O2. The molecule has 0 saturated heterocycles. The summed E-state index contributed by atoms with van der Waals surface area (Å²) in [5.41, 5.74) is 2.07. The van der Waals surface area contributed by atoms with Gasteiger partial charge in [-0.25, -0.2) is 0 Å². The third-order valence-corrected chi connectivity index (χ3v) is 4.71. The molecule has 4 nitrogen and oxygen atoms in total. The third kappa shape index (κ3) is 2.66. The number of rotatable bonds is 4. The minimum absolute atomic E-state index is 0.201. The van der Waals surface area contributed by atoms with Crippen LogP contribution < -0.4 is 4.90 Å². The van der Waals surface area contributed by atoms with Gasteiger partial charge in [-0.2, -0.15) is 0 Å². The van der Waals surface area contributed by atoms with E-state index in [0.29, 0.717) is 24.2 Å². The van der Waals surface area contributed by atoms with Crippen molar-refractivity contribution >= 4 is 28.3 Å². The first-order valence-corrected chi connectivity index (χ1v) is 8.30. The molecule has 1 aliphatic heterocycles. The molecule has 25 heavy (non-hydrogen) atoms. The van der Waals surface area contributed by atoms with Crippen LogP contribution in [0.2, 0.25) is 0 Å². The van der Waals surface area contributed by atoms with E-state index in [1.54, 1.807) is 24.3 Å². The fourth-order valence-electron chi connectivity index (χ4n) is 3.24. The average molecular weight is 330 g/mol. The molecular weight excluding hydrogens is 312 g/mol. The number of anilines is 1. The van der Waals surface area contributed by atoms with Crippen molar-refractivity contribution in [2.75, 3.05) is 25.0 Å². The number of carbonyl (C=O) groups is 2. The van der Waals surface area contributed by atoms with Crippen LogP contribution in [0.5, 0.6) is 0 Å². The molecule has 4 heteroatoms. The first-order chi connectivity index (χ1) is 12.1. The van der Waals surface area contributed by atoms with Crippen LogP contribution in [0.1, 0.15) is 20.7 Å². The molecule has 0 radical (unpaired) electrons. The Morgan fingerprint density at radius 3 is 2.08 bits per heavy atom. The molecule has 0 bridgehead atoms. The number of carbonyl (C=O) groups excluding carboxylic acids is 2. The molecule has 0 fully saturated rings. The van der Waals surface area contributed by atoms with Crippen molar-refractivity contribution in [3.05, 3.63) is 77.9 Å². The van der Waals surface area contributed by atoms with Crippen LogP contribution in [0, 0.1) is 0 Å². The number of hydrogen-bond acceptors (Lipinski definition) is 3. The van der Waals surface area contributed by atoms with Gasteiger partial charge in [-0.05, 0) is 35.0 Å². The first-order valence-electron chi connectivity index (χ1n) is 8.30. The van der Waals surface area contributed by atoms with Crippen LogP contribution in [0.25, 0.3) is 10.8 Å². The number of benzene rings is 3. The monoisotopic (exact) mass is 330 g/mol. The standard InChI is InChI=1S/C21H18N2O2/c1-22(17-11-10-15-6-2-3-7-16(15)14-17)12-13-23-20(24)18-8-4-5-9-19(18)21(23)25/h2-11,14H,12-13H2,1H3. The van der Waals surface area contributed by atoms with E-state index in [9.17, 15) is 9.59 Å². The second-order valence-electron chi connectivity index (χ2n) is 6.26. The summed E-state index contributed by atoms with van der Waals surface area (Å²) in [6, 6.07) is 21.5. The summed E-state index contributed by atoms with van der Waals surface area (Å²) in [6.07, 6.45) is 0. The predicted molar refractivity (Wildman–Crippen MR) is 99.0 cm³/mol. The van der Waals surface area contributed by atoms with Crippen molar-refractivity contribution in [3.63, 3.8) is 0 Å². The zero-order valence-electron chi connectivity index (χ0n) is 14.0. The largest absolute Gasteiger partial charge is 0.373 e. The van der Waals surface area contributed by atoms with Crippen LogP contribution in [-0.2, 0) is 0 Å². The highest BCUT2D eigenvalue weighted by Crippen LogP contribution is 2.24. The Labute approximate surface area is 146 Å². The molecule has 0 N–H and O–H groups in total. The molecule has 0 saturated carbocycles. The van der Waals surface area contributed by atoms with E-state index in [0.717, 1.165) is 5.69 Å². The summed E-state index contributed by atoms with van der Waals surface area (Å²) in [4.78, 5) is 28.2. The van der Waals surface area contributed by atoms with Crippen LogP contribution in [0.15, 0.2) is 66.7 Å². The van der Waals surface area contributed by atoms with Gasteiger partial charge in [0.15, 0.2) is 0 Å². The summed E-state index contributed by atoms with van der Waals surface area (Å²) in [7, 11) is 1.97. The van der Waals surface area contributed by atoms with Crippen LogP contribution in [-0.4, -0.2) is 36.9 Å². The second-order valence-corrected chi connectivity index (χ2v) is 6.26. The Hall–Kier alpha value is -3.14. The minimum atomic E-state index is -0.201. The maximum Gasteiger partial charge on any atom is 0.261 e. The first kappa shape index (κ1) is 15.4. The second kappa shape index (κ2) is 6.06. The Morgan fingerprint density at radius 1 is 0.800 bits per heavy atom. The summed E-state index contributed by atoms with van der Waals surface area (Å²) < 4.78 is 0. The van der Waals surface area contributed by atoms with Crippen LogP contribution >= 0.6 is 0 Å². The minimum Gasteiger partial charge on any atom is -0.373 e. The maximum atomic E-state index is 12.4. The lowest BCUT2D eigenvalue weighted by atomic mass is 10.1.